The number of aliphatic hydroxyl groups excluding tert-OH is 1. The quantitative estimate of drug-likeness (QED) is 0.148. The van der Waals surface area contributed by atoms with Gasteiger partial charge < -0.3 is 29.2 Å². The third-order valence-electron chi connectivity index (χ3n) is 8.12. The van der Waals surface area contributed by atoms with E-state index in [-0.39, 0.29) is 49.0 Å². The van der Waals surface area contributed by atoms with Gasteiger partial charge in [0, 0.05) is 38.4 Å². The number of unbranched alkanes of at least 4 members (excludes halogenated alkanes) is 1. The molecule has 2 aliphatic heterocycles. The summed E-state index contributed by atoms with van der Waals surface area (Å²) in [4.78, 5) is 10.8. The van der Waals surface area contributed by atoms with Crippen LogP contribution < -0.4 is 0 Å². The summed E-state index contributed by atoms with van der Waals surface area (Å²) in [6, 6.07) is 0. The predicted molar refractivity (Wildman–Crippen MR) is 151 cm³/mol. The van der Waals surface area contributed by atoms with Crippen molar-refractivity contribution < 1.29 is 34.0 Å². The van der Waals surface area contributed by atoms with Crippen molar-refractivity contribution in [1.29, 1.82) is 0 Å². The third-order valence-corrected chi connectivity index (χ3v) is 8.12. The van der Waals surface area contributed by atoms with E-state index in [1.807, 2.05) is 13.0 Å². The summed E-state index contributed by atoms with van der Waals surface area (Å²) in [5.41, 5.74) is 0. The van der Waals surface area contributed by atoms with Gasteiger partial charge in [-0.25, -0.2) is 0 Å². The maximum absolute atomic E-state index is 11.1. The number of carbonyl (C=O) groups is 1. The van der Waals surface area contributed by atoms with Crippen LogP contribution in [-0.2, 0) is 23.7 Å². The van der Waals surface area contributed by atoms with E-state index < -0.39 is 12.1 Å². The summed E-state index contributed by atoms with van der Waals surface area (Å²) >= 11 is 0. The average molecular weight is 547 g/mol. The van der Waals surface area contributed by atoms with E-state index in [2.05, 4.69) is 37.0 Å². The molecule has 3 aliphatic rings. The molecule has 220 valence electrons. The lowest BCUT2D eigenvalue weighted by molar-refractivity contribution is -0.193. The van der Waals surface area contributed by atoms with Gasteiger partial charge in [0.15, 0.2) is 12.6 Å². The third kappa shape index (κ3) is 11.4. The molecule has 2 N–H and O–H groups in total. The van der Waals surface area contributed by atoms with Crippen LogP contribution in [0.15, 0.2) is 24.3 Å². The van der Waals surface area contributed by atoms with Gasteiger partial charge in [0.1, 0.15) is 0 Å². The van der Waals surface area contributed by atoms with Crippen LogP contribution in [0.3, 0.4) is 0 Å². The van der Waals surface area contributed by atoms with Crippen LogP contribution in [0.5, 0.6) is 0 Å². The van der Waals surface area contributed by atoms with E-state index in [0.29, 0.717) is 19.3 Å². The summed E-state index contributed by atoms with van der Waals surface area (Å²) in [5.74, 6) is 5.70. The molecule has 39 heavy (non-hydrogen) atoms. The molecule has 0 amide bonds. The number of aliphatic hydroxyl groups is 1. The Hall–Kier alpha value is -1.69. The number of aliphatic carboxylic acids is 1. The number of allylic oxidation sites excluding steroid dienone is 2. The van der Waals surface area contributed by atoms with E-state index in [9.17, 15) is 9.90 Å². The zero-order chi connectivity index (χ0) is 27.9. The van der Waals surface area contributed by atoms with Crippen molar-refractivity contribution in [2.75, 3.05) is 13.2 Å². The molecular weight excluding hydrogens is 496 g/mol. The fourth-order valence-corrected chi connectivity index (χ4v) is 5.77. The zero-order valence-corrected chi connectivity index (χ0v) is 24.0. The molecule has 3 rings (SSSR count). The van der Waals surface area contributed by atoms with E-state index in [4.69, 9.17) is 24.1 Å². The van der Waals surface area contributed by atoms with Crippen molar-refractivity contribution in [1.82, 2.24) is 0 Å². The van der Waals surface area contributed by atoms with Crippen LogP contribution in [0.25, 0.3) is 0 Å². The van der Waals surface area contributed by atoms with E-state index in [1.54, 1.807) is 0 Å². The second-order valence-corrected chi connectivity index (χ2v) is 11.2. The van der Waals surface area contributed by atoms with Crippen LogP contribution in [0.2, 0.25) is 0 Å². The molecule has 7 heteroatoms. The fraction of sp³-hybridized carbons (Fsp3) is 0.781. The molecule has 2 heterocycles. The van der Waals surface area contributed by atoms with Crippen molar-refractivity contribution in [2.24, 2.45) is 17.8 Å². The Morgan fingerprint density at radius 1 is 1.10 bits per heavy atom. The number of hydrogen-bond donors (Lipinski definition) is 2. The van der Waals surface area contributed by atoms with E-state index in [0.717, 1.165) is 71.0 Å². The molecular formula is C32H50O7. The van der Waals surface area contributed by atoms with Crippen LogP contribution >= 0.6 is 0 Å². The monoisotopic (exact) mass is 546 g/mol. The smallest absolute Gasteiger partial charge is 0.303 e. The van der Waals surface area contributed by atoms with Gasteiger partial charge in [0.2, 0.25) is 0 Å². The highest BCUT2D eigenvalue weighted by Gasteiger charge is 2.42. The first kappa shape index (κ1) is 31.8. The van der Waals surface area contributed by atoms with Gasteiger partial charge in [0.05, 0.1) is 18.3 Å². The predicted octanol–water partition coefficient (Wildman–Crippen LogP) is 6.00. The van der Waals surface area contributed by atoms with Gasteiger partial charge in [-0.05, 0) is 83.0 Å². The van der Waals surface area contributed by atoms with Crippen molar-refractivity contribution >= 4 is 5.97 Å². The molecule has 3 unspecified atom stereocenters. The van der Waals surface area contributed by atoms with Crippen LogP contribution in [0.1, 0.15) is 97.3 Å². The molecule has 8 atom stereocenters. The maximum atomic E-state index is 11.1. The fourth-order valence-electron chi connectivity index (χ4n) is 5.77. The summed E-state index contributed by atoms with van der Waals surface area (Å²) in [6.07, 6.45) is 18.1. The Labute approximate surface area is 235 Å². The molecule has 0 aromatic carbocycles. The average Bonchev–Trinajstić information content (AvgIpc) is 3.22. The van der Waals surface area contributed by atoms with Crippen LogP contribution in [0.4, 0.5) is 0 Å². The number of rotatable bonds is 15. The molecule has 0 aromatic rings. The minimum absolute atomic E-state index is 0.0124. The standard InChI is InChI=1S/C32H50O7/c1-3-4-7-14-24(2)28(38-31-17-10-12-21-36-31)20-19-26-25(15-8-5-6-9-16-30(34)35)27(33)23-29(26)39-32-18-11-13-22-37-32/h5,8,19-20,24-29,31-33H,6-7,9-18,21-23H2,1-2H3,(H,34,35)/t24?,25-,26-,27+,28-,29-,31?,32?/m1/s1. The van der Waals surface area contributed by atoms with Crippen LogP contribution in [0, 0.1) is 29.6 Å². The Bertz CT molecular complexity index is 816. The molecule has 3 fully saturated rings. The minimum Gasteiger partial charge on any atom is -0.481 e. The van der Waals surface area contributed by atoms with E-state index >= 15 is 0 Å². The molecule has 1 aliphatic carbocycles. The second kappa shape index (κ2) is 17.9. The molecule has 2 saturated heterocycles. The zero-order valence-electron chi connectivity index (χ0n) is 24.0. The van der Waals surface area contributed by atoms with Gasteiger partial charge in [-0.3, -0.25) is 4.79 Å². The highest BCUT2D eigenvalue weighted by molar-refractivity contribution is 5.66. The topological polar surface area (TPSA) is 94.5 Å². The highest BCUT2D eigenvalue weighted by atomic mass is 16.7. The summed E-state index contributed by atoms with van der Waals surface area (Å²) in [7, 11) is 0. The SMILES string of the molecule is CC#CCCC(C)[C@@H](C=C[C@@H]1[C@@H](CC=CCCCC(=O)O)[C@@H](O)C[C@H]1OC1CCCCO1)OC1CCCCO1. The molecule has 0 aromatic heterocycles. The number of ether oxygens (including phenoxy) is 4. The lowest BCUT2D eigenvalue weighted by Crippen LogP contribution is -2.32. The summed E-state index contributed by atoms with van der Waals surface area (Å²) in [6.45, 7) is 5.54. The number of hydrogen-bond acceptors (Lipinski definition) is 6. The van der Waals surface area contributed by atoms with Crippen molar-refractivity contribution in [3.8, 4) is 11.8 Å². The molecule has 7 nitrogen and oxygen atoms in total. The normalized spacial score (nSPS) is 31.3. The number of carboxylic acids is 1. The lowest BCUT2D eigenvalue weighted by atomic mass is 9.88. The summed E-state index contributed by atoms with van der Waals surface area (Å²) in [5, 5.41) is 19.9. The van der Waals surface area contributed by atoms with Gasteiger partial charge >= 0.3 is 5.97 Å². The maximum Gasteiger partial charge on any atom is 0.303 e. The largest absolute Gasteiger partial charge is 0.481 e. The molecule has 1 saturated carbocycles. The van der Waals surface area contributed by atoms with Gasteiger partial charge in [-0.2, -0.15) is 0 Å². The molecule has 0 bridgehead atoms. The number of carboxylic acid groups (broad SMARTS) is 1. The first-order valence-corrected chi connectivity index (χ1v) is 15.1. The minimum atomic E-state index is -0.767. The lowest BCUT2D eigenvalue weighted by Gasteiger charge is -2.31. The Morgan fingerprint density at radius 3 is 2.51 bits per heavy atom. The van der Waals surface area contributed by atoms with Crippen LogP contribution in [-0.4, -0.2) is 60.3 Å². The van der Waals surface area contributed by atoms with Gasteiger partial charge in [-0.15, -0.1) is 11.8 Å². The Kier molecular flexibility index (Phi) is 14.6. The van der Waals surface area contributed by atoms with Crippen molar-refractivity contribution in [3.63, 3.8) is 0 Å². The van der Waals surface area contributed by atoms with Gasteiger partial charge in [-0.1, -0.05) is 31.2 Å². The molecule has 0 radical (unpaired) electrons. The first-order valence-electron chi connectivity index (χ1n) is 15.1. The Morgan fingerprint density at radius 2 is 1.85 bits per heavy atom. The first-order chi connectivity index (χ1) is 19.0. The van der Waals surface area contributed by atoms with Crippen molar-refractivity contribution in [2.45, 2.75) is 128 Å². The van der Waals surface area contributed by atoms with Crippen molar-refractivity contribution in [3.05, 3.63) is 24.3 Å². The van der Waals surface area contributed by atoms with E-state index in [1.165, 1.54) is 0 Å². The highest BCUT2D eigenvalue weighted by Crippen LogP contribution is 2.40. The molecule has 0 spiro atoms. The summed E-state index contributed by atoms with van der Waals surface area (Å²) < 4.78 is 24.7. The van der Waals surface area contributed by atoms with Gasteiger partial charge in [0.25, 0.3) is 0 Å². The Balaban J connectivity index is 1.72. The second-order valence-electron chi connectivity index (χ2n) is 11.2.